The number of rotatable bonds is 5. The van der Waals surface area contributed by atoms with Crippen LogP contribution in [0.25, 0.3) is 11.0 Å². The fourth-order valence-corrected chi connectivity index (χ4v) is 5.29. The van der Waals surface area contributed by atoms with E-state index in [4.69, 9.17) is 0 Å². The zero-order chi connectivity index (χ0) is 22.3. The number of sulfonamides is 1. The highest BCUT2D eigenvalue weighted by atomic mass is 32.2. The number of benzene rings is 2. The number of likely N-dealkylation sites (tertiary alicyclic amines) is 1. The molecule has 1 aromatic heterocycles. The van der Waals surface area contributed by atoms with Gasteiger partial charge in [-0.05, 0) is 55.7 Å². The minimum atomic E-state index is -3.90. The van der Waals surface area contributed by atoms with Gasteiger partial charge in [0.1, 0.15) is 11.6 Å². The Labute approximate surface area is 181 Å². The van der Waals surface area contributed by atoms with Crippen molar-refractivity contribution in [3.05, 3.63) is 59.2 Å². The summed E-state index contributed by atoms with van der Waals surface area (Å²) in [6, 6.07) is 9.09. The summed E-state index contributed by atoms with van der Waals surface area (Å²) < 4.78 is 42.6. The number of aromatic nitrogens is 2. The van der Waals surface area contributed by atoms with Gasteiger partial charge >= 0.3 is 0 Å². The molecule has 1 fully saturated rings. The SMILES string of the molecule is Cc1ccc(F)cc1S(=O)(=O)N(C)Cc1nc2cc(C(=O)N3CCCC3)ccc2n1C. The number of hydrogen-bond donors (Lipinski definition) is 0. The normalized spacial score (nSPS) is 14.7. The van der Waals surface area contributed by atoms with Crippen LogP contribution in [0.1, 0.15) is 34.6 Å². The molecule has 2 heterocycles. The van der Waals surface area contributed by atoms with Gasteiger partial charge in [0.05, 0.1) is 22.5 Å². The molecule has 2 aromatic carbocycles. The van der Waals surface area contributed by atoms with Gasteiger partial charge in [-0.25, -0.2) is 17.8 Å². The summed E-state index contributed by atoms with van der Waals surface area (Å²) in [6.45, 7) is 3.19. The monoisotopic (exact) mass is 444 g/mol. The highest BCUT2D eigenvalue weighted by molar-refractivity contribution is 7.89. The lowest BCUT2D eigenvalue weighted by atomic mass is 10.2. The molecule has 0 aliphatic carbocycles. The smallest absolute Gasteiger partial charge is 0.253 e. The van der Waals surface area contributed by atoms with Crippen LogP contribution < -0.4 is 0 Å². The number of hydrogen-bond acceptors (Lipinski definition) is 4. The van der Waals surface area contributed by atoms with Crippen molar-refractivity contribution in [3.63, 3.8) is 0 Å². The Morgan fingerprint density at radius 3 is 2.58 bits per heavy atom. The number of fused-ring (bicyclic) bond motifs is 1. The van der Waals surface area contributed by atoms with E-state index in [1.54, 1.807) is 26.1 Å². The molecular weight excluding hydrogens is 419 g/mol. The Bertz CT molecular complexity index is 1260. The van der Waals surface area contributed by atoms with Crippen LogP contribution in [0.4, 0.5) is 4.39 Å². The third-order valence-electron chi connectivity index (χ3n) is 5.82. The third-order valence-corrected chi connectivity index (χ3v) is 7.76. The lowest BCUT2D eigenvalue weighted by Gasteiger charge is -2.18. The maximum Gasteiger partial charge on any atom is 0.253 e. The van der Waals surface area contributed by atoms with Gasteiger partial charge in [0.15, 0.2) is 0 Å². The molecule has 164 valence electrons. The van der Waals surface area contributed by atoms with E-state index in [2.05, 4.69) is 4.98 Å². The first-order valence-electron chi connectivity index (χ1n) is 10.2. The van der Waals surface area contributed by atoms with E-state index in [1.807, 2.05) is 15.5 Å². The molecule has 3 aromatic rings. The summed E-state index contributed by atoms with van der Waals surface area (Å²) in [5, 5.41) is 0. The molecule has 0 saturated carbocycles. The first-order chi connectivity index (χ1) is 14.7. The Balaban J connectivity index is 1.62. The molecule has 4 rings (SSSR count). The molecule has 1 aliphatic rings. The molecule has 0 atom stereocenters. The maximum absolute atomic E-state index is 13.7. The topological polar surface area (TPSA) is 75.5 Å². The van der Waals surface area contributed by atoms with Crippen molar-refractivity contribution in [2.24, 2.45) is 7.05 Å². The largest absolute Gasteiger partial charge is 0.339 e. The highest BCUT2D eigenvalue weighted by Gasteiger charge is 2.26. The van der Waals surface area contributed by atoms with Crippen LogP contribution in [0.15, 0.2) is 41.3 Å². The number of carbonyl (C=O) groups is 1. The summed E-state index contributed by atoms with van der Waals surface area (Å²) in [4.78, 5) is 19.0. The van der Waals surface area contributed by atoms with Crippen LogP contribution in [0.3, 0.4) is 0 Å². The molecule has 7 nitrogen and oxygen atoms in total. The van der Waals surface area contributed by atoms with Crippen molar-refractivity contribution in [2.75, 3.05) is 20.1 Å². The van der Waals surface area contributed by atoms with Gasteiger partial charge in [0.25, 0.3) is 5.91 Å². The van der Waals surface area contributed by atoms with E-state index in [0.29, 0.717) is 22.5 Å². The predicted octanol–water partition coefficient (Wildman–Crippen LogP) is 3.08. The van der Waals surface area contributed by atoms with Crippen LogP contribution in [-0.4, -0.2) is 53.2 Å². The van der Waals surface area contributed by atoms with Crippen molar-refractivity contribution >= 4 is 27.0 Å². The number of imidazole rings is 1. The van der Waals surface area contributed by atoms with Crippen molar-refractivity contribution in [3.8, 4) is 0 Å². The van der Waals surface area contributed by atoms with E-state index >= 15 is 0 Å². The number of amides is 1. The standard InChI is InChI=1S/C22H25FN4O3S/c1-15-6-8-17(23)13-20(15)31(29,30)25(2)14-21-24-18-12-16(7-9-19(18)26(21)3)22(28)27-10-4-5-11-27/h6-9,12-13H,4-5,10-11,14H2,1-3H3. The quantitative estimate of drug-likeness (QED) is 0.606. The first-order valence-corrected chi connectivity index (χ1v) is 11.6. The number of carbonyl (C=O) groups excluding carboxylic acids is 1. The molecule has 0 radical (unpaired) electrons. The molecule has 1 saturated heterocycles. The van der Waals surface area contributed by atoms with Crippen LogP contribution in [0, 0.1) is 12.7 Å². The average molecular weight is 445 g/mol. The van der Waals surface area contributed by atoms with Crippen molar-refractivity contribution in [1.29, 1.82) is 0 Å². The molecule has 1 amide bonds. The fraction of sp³-hybridized carbons (Fsp3) is 0.364. The Hall–Kier alpha value is -2.78. The first kappa shape index (κ1) is 21.5. The second-order valence-electron chi connectivity index (χ2n) is 7.96. The Kier molecular flexibility index (Phi) is 5.57. The van der Waals surface area contributed by atoms with E-state index in [0.717, 1.165) is 41.8 Å². The van der Waals surface area contributed by atoms with Crippen molar-refractivity contribution < 1.29 is 17.6 Å². The summed E-state index contributed by atoms with van der Waals surface area (Å²) in [5.74, 6) is -0.0794. The molecule has 0 unspecified atom stereocenters. The zero-order valence-corrected chi connectivity index (χ0v) is 18.6. The van der Waals surface area contributed by atoms with E-state index < -0.39 is 15.8 Å². The van der Waals surface area contributed by atoms with Gasteiger partial charge in [-0.3, -0.25) is 4.79 Å². The third kappa shape index (κ3) is 3.95. The van der Waals surface area contributed by atoms with Gasteiger partial charge in [-0.1, -0.05) is 6.07 Å². The molecule has 9 heteroatoms. The highest BCUT2D eigenvalue weighted by Crippen LogP contribution is 2.24. The number of halogens is 1. The van der Waals surface area contributed by atoms with Gasteiger partial charge < -0.3 is 9.47 Å². The van der Waals surface area contributed by atoms with Crippen LogP contribution >= 0.6 is 0 Å². The minimum Gasteiger partial charge on any atom is -0.339 e. The van der Waals surface area contributed by atoms with Crippen LogP contribution in [0.5, 0.6) is 0 Å². The van der Waals surface area contributed by atoms with E-state index in [9.17, 15) is 17.6 Å². The zero-order valence-electron chi connectivity index (χ0n) is 17.8. The lowest BCUT2D eigenvalue weighted by molar-refractivity contribution is 0.0793. The summed E-state index contributed by atoms with van der Waals surface area (Å²) in [7, 11) is -0.646. The van der Waals surface area contributed by atoms with Gasteiger partial charge in [0.2, 0.25) is 10.0 Å². The van der Waals surface area contributed by atoms with Gasteiger partial charge in [-0.2, -0.15) is 4.31 Å². The van der Waals surface area contributed by atoms with Gasteiger partial charge in [-0.15, -0.1) is 0 Å². The Morgan fingerprint density at radius 1 is 1.16 bits per heavy atom. The average Bonchev–Trinajstić information content (AvgIpc) is 3.38. The number of aryl methyl sites for hydroxylation is 2. The lowest BCUT2D eigenvalue weighted by Crippen LogP contribution is -2.28. The van der Waals surface area contributed by atoms with Crippen LogP contribution in [-0.2, 0) is 23.6 Å². The molecule has 31 heavy (non-hydrogen) atoms. The fourth-order valence-electron chi connectivity index (χ4n) is 3.93. The molecule has 1 aliphatic heterocycles. The van der Waals surface area contributed by atoms with Crippen molar-refractivity contribution in [2.45, 2.75) is 31.2 Å². The van der Waals surface area contributed by atoms with Crippen LogP contribution in [0.2, 0.25) is 0 Å². The molecule has 0 N–H and O–H groups in total. The minimum absolute atomic E-state index is 0.00659. The summed E-state index contributed by atoms with van der Waals surface area (Å²) >= 11 is 0. The van der Waals surface area contributed by atoms with E-state index in [-0.39, 0.29) is 17.3 Å². The molecule has 0 bridgehead atoms. The van der Waals surface area contributed by atoms with Crippen molar-refractivity contribution in [1.82, 2.24) is 18.8 Å². The number of nitrogens with zero attached hydrogens (tertiary/aromatic N) is 4. The van der Waals surface area contributed by atoms with Gasteiger partial charge in [0, 0.05) is 32.7 Å². The summed E-state index contributed by atoms with van der Waals surface area (Å²) in [5.41, 5.74) is 2.50. The molecule has 0 spiro atoms. The maximum atomic E-state index is 13.7. The second kappa shape index (κ2) is 8.05. The molecular formula is C22H25FN4O3S. The Morgan fingerprint density at radius 2 is 1.87 bits per heavy atom. The predicted molar refractivity (Wildman–Crippen MR) is 116 cm³/mol. The van der Waals surface area contributed by atoms with E-state index in [1.165, 1.54) is 19.2 Å². The second-order valence-corrected chi connectivity index (χ2v) is 9.97. The summed E-state index contributed by atoms with van der Waals surface area (Å²) in [6.07, 6.45) is 2.04.